The van der Waals surface area contributed by atoms with Crippen LogP contribution in [-0.2, 0) is 0 Å². The van der Waals surface area contributed by atoms with Gasteiger partial charge in [-0.15, -0.1) is 0 Å². The summed E-state index contributed by atoms with van der Waals surface area (Å²) in [6, 6.07) is 10.3. The van der Waals surface area contributed by atoms with Gasteiger partial charge in [-0.25, -0.2) is 9.37 Å². The maximum atomic E-state index is 13.1. The third kappa shape index (κ3) is 4.76. The average Bonchev–Trinajstić information content (AvgIpc) is 3.17. The first kappa shape index (κ1) is 19.1. The number of rotatable bonds is 7. The van der Waals surface area contributed by atoms with E-state index in [9.17, 15) is 9.18 Å². The Morgan fingerprint density at radius 2 is 1.96 bits per heavy atom. The minimum Gasteiger partial charge on any atom is -0.371 e. The van der Waals surface area contributed by atoms with E-state index < -0.39 is 0 Å². The second kappa shape index (κ2) is 8.84. The lowest BCUT2D eigenvalue weighted by molar-refractivity contribution is 0.0948. The van der Waals surface area contributed by atoms with Crippen LogP contribution < -0.4 is 15.1 Å². The zero-order valence-electron chi connectivity index (χ0n) is 16.0. The van der Waals surface area contributed by atoms with Gasteiger partial charge in [-0.05, 0) is 62.6 Å². The average molecular weight is 370 g/mol. The van der Waals surface area contributed by atoms with Crippen LogP contribution in [-0.4, -0.2) is 43.6 Å². The van der Waals surface area contributed by atoms with Gasteiger partial charge in [0.1, 0.15) is 11.6 Å². The van der Waals surface area contributed by atoms with Gasteiger partial charge in [-0.3, -0.25) is 4.79 Å². The molecule has 1 aromatic carbocycles. The number of hydrogen-bond donors (Lipinski definition) is 1. The van der Waals surface area contributed by atoms with Gasteiger partial charge in [-0.2, -0.15) is 0 Å². The standard InChI is InChI=1S/C21H27FN4O/c1-3-25(4-2)20-10-5-17(14-23-20)21(27)24-13-16-11-12-26(15-16)19-8-6-18(22)7-9-19/h5-10,14,16H,3-4,11-13,15H2,1-2H3,(H,24,27). The van der Waals surface area contributed by atoms with E-state index in [0.29, 0.717) is 18.0 Å². The molecule has 0 spiro atoms. The van der Waals surface area contributed by atoms with Crippen molar-refractivity contribution in [1.82, 2.24) is 10.3 Å². The van der Waals surface area contributed by atoms with Crippen molar-refractivity contribution in [3.63, 3.8) is 0 Å². The minimum atomic E-state index is -0.220. The maximum Gasteiger partial charge on any atom is 0.252 e. The molecule has 1 aromatic heterocycles. The van der Waals surface area contributed by atoms with Crippen molar-refractivity contribution in [3.8, 4) is 0 Å². The first-order valence-electron chi connectivity index (χ1n) is 9.60. The SMILES string of the molecule is CCN(CC)c1ccc(C(=O)NCC2CCN(c3ccc(F)cc3)C2)cn1. The van der Waals surface area contributed by atoms with E-state index in [1.54, 1.807) is 18.3 Å². The molecule has 1 atom stereocenters. The van der Waals surface area contributed by atoms with Gasteiger partial charge < -0.3 is 15.1 Å². The number of nitrogens with zero attached hydrogens (tertiary/aromatic N) is 3. The summed E-state index contributed by atoms with van der Waals surface area (Å²) in [5.74, 6) is 0.973. The molecule has 1 aliphatic rings. The molecule has 0 radical (unpaired) electrons. The quantitative estimate of drug-likeness (QED) is 0.812. The monoisotopic (exact) mass is 370 g/mol. The number of anilines is 2. The first-order valence-corrected chi connectivity index (χ1v) is 9.60. The Labute approximate surface area is 160 Å². The number of benzene rings is 1. The van der Waals surface area contributed by atoms with Crippen LogP contribution in [0.25, 0.3) is 0 Å². The third-order valence-corrected chi connectivity index (χ3v) is 5.13. The van der Waals surface area contributed by atoms with Crippen LogP contribution in [0.2, 0.25) is 0 Å². The van der Waals surface area contributed by atoms with Crippen LogP contribution in [0.4, 0.5) is 15.9 Å². The van der Waals surface area contributed by atoms with E-state index in [0.717, 1.165) is 44.1 Å². The Kier molecular flexibility index (Phi) is 6.27. The molecule has 6 heteroatoms. The van der Waals surface area contributed by atoms with E-state index >= 15 is 0 Å². The summed E-state index contributed by atoms with van der Waals surface area (Å²) in [7, 11) is 0. The first-order chi connectivity index (χ1) is 13.1. The fraction of sp³-hybridized carbons (Fsp3) is 0.429. The number of halogens is 1. The van der Waals surface area contributed by atoms with Crippen LogP contribution >= 0.6 is 0 Å². The molecule has 1 aliphatic heterocycles. The second-order valence-corrected chi connectivity index (χ2v) is 6.86. The van der Waals surface area contributed by atoms with E-state index in [-0.39, 0.29) is 11.7 Å². The molecule has 0 bridgehead atoms. The molecular formula is C21H27FN4O. The second-order valence-electron chi connectivity index (χ2n) is 6.86. The van der Waals surface area contributed by atoms with Crippen molar-refractivity contribution in [2.45, 2.75) is 20.3 Å². The Bertz CT molecular complexity index is 744. The molecule has 2 heterocycles. The summed E-state index contributed by atoms with van der Waals surface area (Å²) >= 11 is 0. The molecule has 0 saturated carbocycles. The zero-order chi connectivity index (χ0) is 19.2. The molecule has 0 aliphatic carbocycles. The fourth-order valence-corrected chi connectivity index (χ4v) is 3.48. The van der Waals surface area contributed by atoms with Crippen molar-refractivity contribution in [2.75, 3.05) is 42.5 Å². The predicted molar refractivity (Wildman–Crippen MR) is 107 cm³/mol. The van der Waals surface area contributed by atoms with Crippen LogP contribution in [0, 0.1) is 11.7 Å². The van der Waals surface area contributed by atoms with E-state index in [1.807, 2.05) is 12.1 Å². The van der Waals surface area contributed by atoms with Crippen LogP contribution in [0.15, 0.2) is 42.6 Å². The van der Waals surface area contributed by atoms with Gasteiger partial charge >= 0.3 is 0 Å². The number of hydrogen-bond acceptors (Lipinski definition) is 4. The highest BCUT2D eigenvalue weighted by Crippen LogP contribution is 2.23. The molecule has 1 fully saturated rings. The van der Waals surface area contributed by atoms with Crippen molar-refractivity contribution < 1.29 is 9.18 Å². The number of amides is 1. The van der Waals surface area contributed by atoms with Crippen molar-refractivity contribution in [2.24, 2.45) is 5.92 Å². The van der Waals surface area contributed by atoms with Gasteiger partial charge in [-0.1, -0.05) is 0 Å². The van der Waals surface area contributed by atoms with Crippen molar-refractivity contribution >= 4 is 17.4 Å². The lowest BCUT2D eigenvalue weighted by atomic mass is 10.1. The Balaban J connectivity index is 1.50. The maximum absolute atomic E-state index is 13.1. The van der Waals surface area contributed by atoms with Crippen LogP contribution in [0.1, 0.15) is 30.6 Å². The summed E-state index contributed by atoms with van der Waals surface area (Å²) < 4.78 is 13.1. The molecular weight excluding hydrogens is 343 g/mol. The van der Waals surface area contributed by atoms with Gasteiger partial charge in [0.25, 0.3) is 5.91 Å². The molecule has 27 heavy (non-hydrogen) atoms. The molecule has 1 saturated heterocycles. The Morgan fingerprint density at radius 1 is 1.22 bits per heavy atom. The number of pyridine rings is 1. The highest BCUT2D eigenvalue weighted by molar-refractivity contribution is 5.94. The summed E-state index contributed by atoms with van der Waals surface area (Å²) in [5.41, 5.74) is 1.61. The molecule has 1 N–H and O–H groups in total. The van der Waals surface area contributed by atoms with Crippen molar-refractivity contribution in [1.29, 1.82) is 0 Å². The highest BCUT2D eigenvalue weighted by atomic mass is 19.1. The summed E-state index contributed by atoms with van der Waals surface area (Å²) in [6.45, 7) is 8.37. The molecule has 2 aromatic rings. The van der Waals surface area contributed by atoms with E-state index in [1.165, 1.54) is 12.1 Å². The highest BCUT2D eigenvalue weighted by Gasteiger charge is 2.23. The summed E-state index contributed by atoms with van der Waals surface area (Å²) in [5, 5.41) is 3.02. The van der Waals surface area contributed by atoms with Gasteiger partial charge in [0.05, 0.1) is 5.56 Å². The van der Waals surface area contributed by atoms with Crippen molar-refractivity contribution in [3.05, 3.63) is 54.0 Å². The van der Waals surface area contributed by atoms with E-state index in [2.05, 4.69) is 33.9 Å². The Hall–Kier alpha value is -2.63. The normalized spacial score (nSPS) is 16.4. The molecule has 3 rings (SSSR count). The third-order valence-electron chi connectivity index (χ3n) is 5.13. The smallest absolute Gasteiger partial charge is 0.252 e. The van der Waals surface area contributed by atoms with Gasteiger partial charge in [0.15, 0.2) is 0 Å². The van der Waals surface area contributed by atoms with Gasteiger partial charge in [0, 0.05) is 44.6 Å². The molecule has 1 unspecified atom stereocenters. The zero-order valence-corrected chi connectivity index (χ0v) is 16.0. The topological polar surface area (TPSA) is 48.5 Å². The predicted octanol–water partition coefficient (Wildman–Crippen LogP) is 3.32. The number of carbonyl (C=O) groups excluding carboxylic acids is 1. The van der Waals surface area contributed by atoms with E-state index in [4.69, 9.17) is 0 Å². The lowest BCUT2D eigenvalue weighted by Crippen LogP contribution is -2.31. The minimum absolute atomic E-state index is 0.0890. The molecule has 5 nitrogen and oxygen atoms in total. The largest absolute Gasteiger partial charge is 0.371 e. The Morgan fingerprint density at radius 3 is 2.59 bits per heavy atom. The van der Waals surface area contributed by atoms with Crippen LogP contribution in [0.3, 0.4) is 0 Å². The number of nitrogens with one attached hydrogen (secondary N) is 1. The summed E-state index contributed by atoms with van der Waals surface area (Å²) in [4.78, 5) is 21.2. The van der Waals surface area contributed by atoms with Crippen LogP contribution in [0.5, 0.6) is 0 Å². The number of carbonyl (C=O) groups is 1. The summed E-state index contributed by atoms with van der Waals surface area (Å²) in [6.07, 6.45) is 2.65. The van der Waals surface area contributed by atoms with Gasteiger partial charge in [0.2, 0.25) is 0 Å². The molecule has 144 valence electrons. The fourth-order valence-electron chi connectivity index (χ4n) is 3.48. The lowest BCUT2D eigenvalue weighted by Gasteiger charge is -2.20. The molecule has 1 amide bonds. The number of aromatic nitrogens is 1.